The van der Waals surface area contributed by atoms with E-state index in [1.807, 2.05) is 0 Å². The van der Waals surface area contributed by atoms with Gasteiger partial charge >= 0.3 is 0 Å². The molecule has 122 valence electrons. The number of nitrogens with two attached hydrogens (primary N) is 1. The van der Waals surface area contributed by atoms with Gasteiger partial charge in [0, 0.05) is 36.7 Å². The van der Waals surface area contributed by atoms with Crippen LogP contribution in [0.2, 0.25) is 0 Å². The van der Waals surface area contributed by atoms with Gasteiger partial charge in [-0.05, 0) is 25.8 Å². The SMILES string of the molecule is CC(C)(N)C(=O)NCC1(CCl)COC(Cc2cncnc2)C1. The van der Waals surface area contributed by atoms with Crippen LogP contribution in [0.4, 0.5) is 0 Å². The Balaban J connectivity index is 1.91. The molecule has 0 aromatic carbocycles. The largest absolute Gasteiger partial charge is 0.377 e. The van der Waals surface area contributed by atoms with E-state index in [0.717, 1.165) is 18.4 Å². The van der Waals surface area contributed by atoms with Crippen molar-refractivity contribution in [2.45, 2.75) is 38.3 Å². The molecule has 2 rings (SSSR count). The molecule has 0 radical (unpaired) electrons. The first-order valence-corrected chi connectivity index (χ1v) is 7.87. The van der Waals surface area contributed by atoms with Crippen molar-refractivity contribution in [1.29, 1.82) is 0 Å². The summed E-state index contributed by atoms with van der Waals surface area (Å²) in [6.07, 6.45) is 6.68. The second kappa shape index (κ2) is 6.89. The van der Waals surface area contributed by atoms with Crippen LogP contribution in [0.3, 0.4) is 0 Å². The molecular weight excluding hydrogens is 304 g/mol. The predicted molar refractivity (Wildman–Crippen MR) is 84.5 cm³/mol. The fourth-order valence-corrected chi connectivity index (χ4v) is 2.76. The number of alkyl halides is 1. The van der Waals surface area contributed by atoms with Crippen LogP contribution in [0.15, 0.2) is 18.7 Å². The molecule has 22 heavy (non-hydrogen) atoms. The molecule has 0 spiro atoms. The Morgan fingerprint density at radius 3 is 2.82 bits per heavy atom. The number of amides is 1. The molecule has 6 nitrogen and oxygen atoms in total. The van der Waals surface area contributed by atoms with E-state index in [4.69, 9.17) is 22.1 Å². The summed E-state index contributed by atoms with van der Waals surface area (Å²) in [5, 5.41) is 2.89. The zero-order chi connectivity index (χ0) is 16.2. The van der Waals surface area contributed by atoms with Gasteiger partial charge in [0.15, 0.2) is 0 Å². The maximum absolute atomic E-state index is 11.9. The summed E-state index contributed by atoms with van der Waals surface area (Å²) >= 11 is 6.14. The maximum Gasteiger partial charge on any atom is 0.239 e. The highest BCUT2D eigenvalue weighted by molar-refractivity contribution is 6.18. The highest BCUT2D eigenvalue weighted by Gasteiger charge is 2.40. The second-order valence-corrected chi connectivity index (χ2v) is 6.89. The van der Waals surface area contributed by atoms with E-state index < -0.39 is 5.54 Å². The van der Waals surface area contributed by atoms with E-state index >= 15 is 0 Å². The van der Waals surface area contributed by atoms with Gasteiger partial charge < -0.3 is 15.8 Å². The number of nitrogens with zero attached hydrogens (tertiary/aromatic N) is 2. The molecule has 0 saturated carbocycles. The van der Waals surface area contributed by atoms with Gasteiger partial charge in [0.1, 0.15) is 6.33 Å². The van der Waals surface area contributed by atoms with Gasteiger partial charge in [-0.3, -0.25) is 4.79 Å². The summed E-state index contributed by atoms with van der Waals surface area (Å²) in [4.78, 5) is 19.9. The average Bonchev–Trinajstić information content (AvgIpc) is 2.89. The quantitative estimate of drug-likeness (QED) is 0.758. The molecule has 0 aliphatic carbocycles. The third-order valence-corrected chi connectivity index (χ3v) is 4.42. The normalized spacial score (nSPS) is 25.2. The predicted octanol–water partition coefficient (Wildman–Crippen LogP) is 0.887. The molecule has 1 aromatic heterocycles. The lowest BCUT2D eigenvalue weighted by atomic mass is 9.86. The third-order valence-electron chi connectivity index (χ3n) is 3.86. The Hall–Kier alpha value is -1.24. The molecule has 2 heterocycles. The molecule has 7 heteroatoms. The summed E-state index contributed by atoms with van der Waals surface area (Å²) in [5.74, 6) is 0.247. The minimum absolute atomic E-state index is 0.0625. The fourth-order valence-electron chi connectivity index (χ4n) is 2.48. The van der Waals surface area contributed by atoms with E-state index in [-0.39, 0.29) is 17.4 Å². The number of carbonyl (C=O) groups is 1. The highest BCUT2D eigenvalue weighted by Crippen LogP contribution is 2.34. The van der Waals surface area contributed by atoms with Crippen molar-refractivity contribution >= 4 is 17.5 Å². The summed E-state index contributed by atoms with van der Waals surface area (Å²) in [5.41, 5.74) is 5.68. The Labute approximate surface area is 135 Å². The van der Waals surface area contributed by atoms with Crippen molar-refractivity contribution in [2.24, 2.45) is 11.1 Å². The molecule has 1 aliphatic heterocycles. The minimum atomic E-state index is -0.895. The van der Waals surface area contributed by atoms with Gasteiger partial charge in [-0.2, -0.15) is 0 Å². The van der Waals surface area contributed by atoms with Crippen LogP contribution in [0.5, 0.6) is 0 Å². The lowest BCUT2D eigenvalue weighted by molar-refractivity contribution is -0.125. The van der Waals surface area contributed by atoms with Gasteiger partial charge in [-0.25, -0.2) is 9.97 Å². The van der Waals surface area contributed by atoms with E-state index in [1.165, 1.54) is 6.33 Å². The van der Waals surface area contributed by atoms with Crippen LogP contribution in [0, 0.1) is 5.41 Å². The van der Waals surface area contributed by atoms with Gasteiger partial charge in [-0.1, -0.05) is 0 Å². The maximum atomic E-state index is 11.9. The first kappa shape index (κ1) is 17.1. The zero-order valence-electron chi connectivity index (χ0n) is 13.0. The molecule has 2 unspecified atom stereocenters. The van der Waals surface area contributed by atoms with Crippen LogP contribution in [-0.2, 0) is 16.0 Å². The summed E-state index contributed by atoms with van der Waals surface area (Å²) in [6.45, 7) is 4.36. The van der Waals surface area contributed by atoms with Crippen molar-refractivity contribution in [3.8, 4) is 0 Å². The van der Waals surface area contributed by atoms with E-state index in [9.17, 15) is 4.79 Å². The first-order chi connectivity index (χ1) is 10.3. The number of carbonyl (C=O) groups excluding carboxylic acids is 1. The first-order valence-electron chi connectivity index (χ1n) is 7.33. The Morgan fingerprint density at radius 2 is 2.23 bits per heavy atom. The number of rotatable bonds is 6. The van der Waals surface area contributed by atoms with Crippen LogP contribution in [-0.4, -0.2) is 46.5 Å². The van der Waals surface area contributed by atoms with Crippen LogP contribution < -0.4 is 11.1 Å². The van der Waals surface area contributed by atoms with Gasteiger partial charge in [0.05, 0.1) is 18.2 Å². The third kappa shape index (κ3) is 4.38. The monoisotopic (exact) mass is 326 g/mol. The van der Waals surface area contributed by atoms with Crippen molar-refractivity contribution < 1.29 is 9.53 Å². The van der Waals surface area contributed by atoms with Crippen molar-refractivity contribution in [1.82, 2.24) is 15.3 Å². The number of halogens is 1. The number of hydrogen-bond donors (Lipinski definition) is 2. The number of aromatic nitrogens is 2. The molecule has 1 aliphatic rings. The lowest BCUT2D eigenvalue weighted by Crippen LogP contribution is -2.52. The van der Waals surface area contributed by atoms with Crippen molar-refractivity contribution in [2.75, 3.05) is 19.0 Å². The fraction of sp³-hybridized carbons (Fsp3) is 0.667. The lowest BCUT2D eigenvalue weighted by Gasteiger charge is -2.27. The molecule has 2 atom stereocenters. The topological polar surface area (TPSA) is 90.1 Å². The van der Waals surface area contributed by atoms with E-state index in [1.54, 1.807) is 26.2 Å². The van der Waals surface area contributed by atoms with Crippen molar-refractivity contribution in [3.63, 3.8) is 0 Å². The van der Waals surface area contributed by atoms with E-state index in [0.29, 0.717) is 19.0 Å². The number of ether oxygens (including phenoxy) is 1. The van der Waals surface area contributed by atoms with Crippen molar-refractivity contribution in [3.05, 3.63) is 24.3 Å². The summed E-state index contributed by atoms with van der Waals surface area (Å²) in [6, 6.07) is 0. The van der Waals surface area contributed by atoms with E-state index in [2.05, 4.69) is 15.3 Å². The molecule has 0 bridgehead atoms. The van der Waals surface area contributed by atoms with Gasteiger partial charge in [-0.15, -0.1) is 11.6 Å². The highest BCUT2D eigenvalue weighted by atomic mass is 35.5. The smallest absolute Gasteiger partial charge is 0.239 e. The molecule has 1 saturated heterocycles. The number of hydrogen-bond acceptors (Lipinski definition) is 5. The summed E-state index contributed by atoms with van der Waals surface area (Å²) in [7, 11) is 0. The molecule has 1 fully saturated rings. The van der Waals surface area contributed by atoms with Crippen LogP contribution >= 0.6 is 11.6 Å². The molecule has 3 N–H and O–H groups in total. The zero-order valence-corrected chi connectivity index (χ0v) is 13.8. The Bertz CT molecular complexity index is 506. The van der Waals surface area contributed by atoms with Crippen LogP contribution in [0.25, 0.3) is 0 Å². The minimum Gasteiger partial charge on any atom is -0.377 e. The molecule has 1 amide bonds. The summed E-state index contributed by atoms with van der Waals surface area (Å²) < 4.78 is 5.86. The Kier molecular flexibility index (Phi) is 5.36. The average molecular weight is 327 g/mol. The standard InChI is InChI=1S/C15H23ClN4O2/c1-14(2,17)13(21)20-8-15(7-16)4-12(22-9-15)3-11-5-18-10-19-6-11/h5-6,10,12H,3-4,7-9,17H2,1-2H3,(H,20,21). The van der Waals surface area contributed by atoms with Gasteiger partial charge in [0.25, 0.3) is 0 Å². The molecule has 1 aromatic rings. The Morgan fingerprint density at radius 1 is 1.55 bits per heavy atom. The number of nitrogens with one attached hydrogen (secondary N) is 1. The van der Waals surface area contributed by atoms with Gasteiger partial charge in [0.2, 0.25) is 5.91 Å². The second-order valence-electron chi connectivity index (χ2n) is 6.63. The van der Waals surface area contributed by atoms with Crippen LogP contribution in [0.1, 0.15) is 25.8 Å². The molecular formula is C15H23ClN4O2.